The number of carbonyl (C=O) groups is 2. The van der Waals surface area contributed by atoms with E-state index in [1.807, 2.05) is 42.2 Å². The molecule has 1 aliphatic rings. The third kappa shape index (κ3) is 6.38. The average Bonchev–Trinajstić information content (AvgIpc) is 2.87. The monoisotopic (exact) mass is 472 g/mol. The van der Waals surface area contributed by atoms with Gasteiger partial charge in [0.15, 0.2) is 0 Å². The predicted molar refractivity (Wildman–Crippen MR) is 134 cm³/mol. The number of hydrogen-bond acceptors (Lipinski definition) is 6. The number of nitrogens with zero attached hydrogens (tertiary/aromatic N) is 2. The number of piperidine rings is 1. The maximum Gasteiger partial charge on any atom is 0.254 e. The van der Waals surface area contributed by atoms with Crippen molar-refractivity contribution in [2.24, 2.45) is 5.73 Å². The summed E-state index contributed by atoms with van der Waals surface area (Å²) in [5.41, 5.74) is 6.46. The lowest BCUT2D eigenvalue weighted by molar-refractivity contribution is -0.126. The standard InChI is InChI=1S/C27H28N4O4/c1-2-6-25(32)31-15-13-19(14-16-31)30-20-17-24(26(28)33)27(29-18-20)35-23-11-9-22(10-12-23)34-21-7-4-3-5-8-21/h2-12,17-19,30H,13-16H2,1H3,(H2,28,33)/b6-2+. The topological polar surface area (TPSA) is 107 Å². The molecule has 8 heteroatoms. The van der Waals surface area contributed by atoms with E-state index in [9.17, 15) is 9.59 Å². The first-order chi connectivity index (χ1) is 17.0. The number of aromatic nitrogens is 1. The van der Waals surface area contributed by atoms with Gasteiger partial charge in [-0.05, 0) is 68.3 Å². The number of hydrogen-bond donors (Lipinski definition) is 2. The van der Waals surface area contributed by atoms with Crippen LogP contribution in [-0.4, -0.2) is 40.8 Å². The van der Waals surface area contributed by atoms with Crippen molar-refractivity contribution in [2.75, 3.05) is 18.4 Å². The Balaban J connectivity index is 1.39. The number of benzene rings is 2. The predicted octanol–water partition coefficient (Wildman–Crippen LogP) is 4.74. The van der Waals surface area contributed by atoms with Crippen LogP contribution in [0.5, 0.6) is 23.1 Å². The molecule has 2 heterocycles. The van der Waals surface area contributed by atoms with E-state index in [1.165, 1.54) is 0 Å². The second kappa shape index (κ2) is 11.2. The Kier molecular flexibility index (Phi) is 7.62. The molecule has 3 N–H and O–H groups in total. The van der Waals surface area contributed by atoms with Crippen LogP contribution in [0.3, 0.4) is 0 Å². The Bertz CT molecular complexity index is 1190. The number of nitrogens with one attached hydrogen (secondary N) is 1. The summed E-state index contributed by atoms with van der Waals surface area (Å²) in [6, 6.07) is 18.3. The highest BCUT2D eigenvalue weighted by Gasteiger charge is 2.22. The summed E-state index contributed by atoms with van der Waals surface area (Å²) < 4.78 is 11.6. The van der Waals surface area contributed by atoms with Crippen LogP contribution >= 0.6 is 0 Å². The molecule has 0 aliphatic carbocycles. The Morgan fingerprint density at radius 2 is 1.63 bits per heavy atom. The van der Waals surface area contributed by atoms with Gasteiger partial charge in [0.25, 0.3) is 5.91 Å². The summed E-state index contributed by atoms with van der Waals surface area (Å²) in [6.07, 6.45) is 6.54. The van der Waals surface area contributed by atoms with Crippen molar-refractivity contribution in [3.63, 3.8) is 0 Å². The Labute approximate surface area is 204 Å². The molecule has 0 atom stereocenters. The van der Waals surface area contributed by atoms with Crippen molar-refractivity contribution >= 4 is 17.5 Å². The quantitative estimate of drug-likeness (QED) is 0.459. The fraction of sp³-hybridized carbons (Fsp3) is 0.222. The van der Waals surface area contributed by atoms with E-state index in [4.69, 9.17) is 15.2 Å². The molecule has 3 aromatic rings. The molecule has 0 bridgehead atoms. The van der Waals surface area contributed by atoms with Gasteiger partial charge in [-0.2, -0.15) is 0 Å². The van der Waals surface area contributed by atoms with Crippen molar-refractivity contribution < 1.29 is 19.1 Å². The van der Waals surface area contributed by atoms with Gasteiger partial charge in [-0.3, -0.25) is 9.59 Å². The first-order valence-electron chi connectivity index (χ1n) is 11.5. The van der Waals surface area contributed by atoms with E-state index in [-0.39, 0.29) is 23.4 Å². The number of rotatable bonds is 8. The number of para-hydroxylation sites is 1. The highest BCUT2D eigenvalue weighted by Crippen LogP contribution is 2.29. The number of carbonyl (C=O) groups excluding carboxylic acids is 2. The van der Waals surface area contributed by atoms with Crippen LogP contribution in [-0.2, 0) is 4.79 Å². The van der Waals surface area contributed by atoms with Gasteiger partial charge in [-0.15, -0.1) is 0 Å². The molecule has 1 aliphatic heterocycles. The molecule has 35 heavy (non-hydrogen) atoms. The van der Waals surface area contributed by atoms with Gasteiger partial charge in [-0.25, -0.2) is 4.98 Å². The smallest absolute Gasteiger partial charge is 0.254 e. The normalized spacial score (nSPS) is 14.0. The van der Waals surface area contributed by atoms with E-state index >= 15 is 0 Å². The van der Waals surface area contributed by atoms with Crippen LogP contribution in [0.15, 0.2) is 79.0 Å². The zero-order valence-electron chi connectivity index (χ0n) is 19.5. The number of nitrogens with two attached hydrogens (primary N) is 1. The lowest BCUT2D eigenvalue weighted by Crippen LogP contribution is -2.41. The van der Waals surface area contributed by atoms with Crippen molar-refractivity contribution in [3.05, 3.63) is 84.6 Å². The van der Waals surface area contributed by atoms with Crippen LogP contribution in [0.2, 0.25) is 0 Å². The molecule has 1 fully saturated rings. The summed E-state index contributed by atoms with van der Waals surface area (Å²) in [5.74, 6) is 1.42. The van der Waals surface area contributed by atoms with Gasteiger partial charge in [0.2, 0.25) is 11.8 Å². The number of anilines is 1. The highest BCUT2D eigenvalue weighted by molar-refractivity contribution is 5.96. The lowest BCUT2D eigenvalue weighted by atomic mass is 10.0. The zero-order chi connectivity index (χ0) is 24.6. The number of likely N-dealkylation sites (tertiary alicyclic amines) is 1. The number of ether oxygens (including phenoxy) is 2. The molecule has 0 saturated carbocycles. The Hall–Kier alpha value is -4.33. The van der Waals surface area contributed by atoms with E-state index in [1.54, 1.807) is 48.7 Å². The third-order valence-electron chi connectivity index (χ3n) is 5.62. The van der Waals surface area contributed by atoms with Gasteiger partial charge in [0.1, 0.15) is 22.8 Å². The largest absolute Gasteiger partial charge is 0.457 e. The van der Waals surface area contributed by atoms with Gasteiger partial charge in [0, 0.05) is 19.1 Å². The Morgan fingerprint density at radius 1 is 1.00 bits per heavy atom. The first kappa shape index (κ1) is 23.8. The molecule has 0 unspecified atom stereocenters. The van der Waals surface area contributed by atoms with Crippen LogP contribution in [0.25, 0.3) is 0 Å². The van der Waals surface area contributed by atoms with Crippen molar-refractivity contribution in [3.8, 4) is 23.1 Å². The molecule has 0 spiro atoms. The minimum absolute atomic E-state index is 0.0322. The zero-order valence-corrected chi connectivity index (χ0v) is 19.5. The summed E-state index contributed by atoms with van der Waals surface area (Å²) in [4.78, 5) is 30.3. The molecule has 1 aromatic heterocycles. The van der Waals surface area contributed by atoms with Gasteiger partial charge in [0.05, 0.1) is 11.9 Å². The highest BCUT2D eigenvalue weighted by atomic mass is 16.5. The third-order valence-corrected chi connectivity index (χ3v) is 5.62. The van der Waals surface area contributed by atoms with Crippen molar-refractivity contribution in [1.82, 2.24) is 9.88 Å². The fourth-order valence-electron chi connectivity index (χ4n) is 3.83. The lowest BCUT2D eigenvalue weighted by Gasteiger charge is -2.32. The maximum absolute atomic E-state index is 12.1. The second-order valence-electron chi connectivity index (χ2n) is 8.17. The van der Waals surface area contributed by atoms with Crippen molar-refractivity contribution in [2.45, 2.75) is 25.8 Å². The first-order valence-corrected chi connectivity index (χ1v) is 11.5. The molecule has 2 aromatic carbocycles. The van der Waals surface area contributed by atoms with Gasteiger partial charge < -0.3 is 25.4 Å². The van der Waals surface area contributed by atoms with Crippen LogP contribution in [0, 0.1) is 0 Å². The Morgan fingerprint density at radius 3 is 2.26 bits per heavy atom. The summed E-state index contributed by atoms with van der Waals surface area (Å²) >= 11 is 0. The molecule has 0 radical (unpaired) electrons. The average molecular weight is 473 g/mol. The summed E-state index contributed by atoms with van der Waals surface area (Å²) in [7, 11) is 0. The molecular weight excluding hydrogens is 444 g/mol. The number of primary amides is 1. The minimum Gasteiger partial charge on any atom is -0.457 e. The van der Waals surface area contributed by atoms with Crippen molar-refractivity contribution in [1.29, 1.82) is 0 Å². The second-order valence-corrected chi connectivity index (χ2v) is 8.17. The van der Waals surface area contributed by atoms with Gasteiger partial charge >= 0.3 is 0 Å². The van der Waals surface area contributed by atoms with Crippen LogP contribution in [0.1, 0.15) is 30.1 Å². The van der Waals surface area contributed by atoms with E-state index < -0.39 is 5.91 Å². The molecule has 2 amide bonds. The molecule has 4 rings (SSSR count). The maximum atomic E-state index is 12.1. The fourth-order valence-corrected chi connectivity index (χ4v) is 3.83. The van der Waals surface area contributed by atoms with E-state index in [0.717, 1.165) is 18.6 Å². The number of amides is 2. The number of pyridine rings is 1. The SMILES string of the molecule is C/C=C/C(=O)N1CCC(Nc2cnc(Oc3ccc(Oc4ccccc4)cc3)c(C(N)=O)c2)CC1. The molecule has 8 nitrogen and oxygen atoms in total. The molecule has 180 valence electrons. The van der Waals surface area contributed by atoms with E-state index in [0.29, 0.717) is 30.3 Å². The summed E-state index contributed by atoms with van der Waals surface area (Å²) in [6.45, 7) is 3.17. The summed E-state index contributed by atoms with van der Waals surface area (Å²) in [5, 5.41) is 3.39. The number of allylic oxidation sites excluding steroid dienone is 1. The van der Waals surface area contributed by atoms with E-state index in [2.05, 4.69) is 10.3 Å². The van der Waals surface area contributed by atoms with Crippen LogP contribution < -0.4 is 20.5 Å². The molecular formula is C27H28N4O4. The van der Waals surface area contributed by atoms with Crippen LogP contribution in [0.4, 0.5) is 5.69 Å². The molecule has 1 saturated heterocycles. The minimum atomic E-state index is -0.632. The van der Waals surface area contributed by atoms with Gasteiger partial charge in [-0.1, -0.05) is 24.3 Å².